The van der Waals surface area contributed by atoms with E-state index >= 15 is 0 Å². The Balaban J connectivity index is 1.43. The van der Waals surface area contributed by atoms with Crippen LogP contribution in [-0.2, 0) is 25.9 Å². The molecule has 0 aliphatic carbocycles. The number of likely N-dealkylation sites (tertiary alicyclic amines) is 1. The van der Waals surface area contributed by atoms with E-state index in [9.17, 15) is 4.79 Å². The minimum Gasteiger partial charge on any atom is -0.338 e. The highest BCUT2D eigenvalue weighted by Gasteiger charge is 2.27. The molecule has 1 saturated heterocycles. The molecule has 1 aromatic heterocycles. The second-order valence-electron chi connectivity index (χ2n) is 9.31. The summed E-state index contributed by atoms with van der Waals surface area (Å²) in [6, 6.07) is 21.5. The summed E-state index contributed by atoms with van der Waals surface area (Å²) < 4.78 is 0. The number of nitrogens with two attached hydrogens (primary N) is 1. The first-order chi connectivity index (χ1) is 16.0. The number of hydrogen-bond acceptors (Lipinski definition) is 4. The topological polar surface area (TPSA) is 49.6 Å². The lowest BCUT2D eigenvalue weighted by Crippen LogP contribution is -2.38. The van der Waals surface area contributed by atoms with Crippen molar-refractivity contribution in [2.75, 3.05) is 27.2 Å². The smallest absolute Gasteiger partial charge is 0.264 e. The average Bonchev–Trinajstić information content (AvgIpc) is 3.25. The Kier molecular flexibility index (Phi) is 7.97. The number of benzene rings is 2. The molecule has 2 aromatic carbocycles. The summed E-state index contributed by atoms with van der Waals surface area (Å²) in [6.07, 6.45) is 4.00. The third-order valence-electron chi connectivity index (χ3n) is 6.48. The average molecular weight is 462 g/mol. The number of hydrogen-bond donors (Lipinski definition) is 1. The molecule has 4 nitrogen and oxygen atoms in total. The van der Waals surface area contributed by atoms with Crippen LogP contribution in [0.25, 0.3) is 0 Å². The molecule has 1 aliphatic heterocycles. The summed E-state index contributed by atoms with van der Waals surface area (Å²) in [5.41, 5.74) is 10.9. The van der Waals surface area contributed by atoms with Gasteiger partial charge in [0, 0.05) is 31.1 Å². The molecule has 33 heavy (non-hydrogen) atoms. The van der Waals surface area contributed by atoms with Crippen LogP contribution in [-0.4, -0.2) is 42.9 Å². The molecule has 4 rings (SSSR count). The number of carbonyl (C=O) groups excluding carboxylic acids is 1. The number of nitrogens with zero attached hydrogens (tertiary/aromatic N) is 2. The minimum atomic E-state index is 0.206. The van der Waals surface area contributed by atoms with Crippen molar-refractivity contribution >= 4 is 17.2 Å². The second kappa shape index (κ2) is 11.1. The summed E-state index contributed by atoms with van der Waals surface area (Å²) >= 11 is 1.69. The predicted octanol–water partition coefficient (Wildman–Crippen LogP) is 5.07. The molecular formula is C28H35N3OS. The third-order valence-corrected chi connectivity index (χ3v) is 7.71. The largest absolute Gasteiger partial charge is 0.338 e. The van der Waals surface area contributed by atoms with E-state index in [0.29, 0.717) is 12.5 Å². The maximum absolute atomic E-state index is 13.5. The van der Waals surface area contributed by atoms with Gasteiger partial charge in [0.05, 0.1) is 4.88 Å². The summed E-state index contributed by atoms with van der Waals surface area (Å²) in [6.45, 7) is 3.00. The fourth-order valence-electron chi connectivity index (χ4n) is 4.69. The van der Waals surface area contributed by atoms with Crippen molar-refractivity contribution in [3.8, 4) is 0 Å². The molecule has 1 fully saturated rings. The minimum absolute atomic E-state index is 0.206. The van der Waals surface area contributed by atoms with E-state index < -0.39 is 0 Å². The molecule has 0 spiro atoms. The Morgan fingerprint density at radius 3 is 2.42 bits per heavy atom. The number of aryl methyl sites for hydroxylation is 2. The molecule has 0 saturated carbocycles. The predicted molar refractivity (Wildman–Crippen MR) is 138 cm³/mol. The highest BCUT2D eigenvalue weighted by molar-refractivity contribution is 7.14. The van der Waals surface area contributed by atoms with Gasteiger partial charge in [0.15, 0.2) is 0 Å². The molecule has 0 radical (unpaired) electrons. The van der Waals surface area contributed by atoms with Crippen molar-refractivity contribution in [1.82, 2.24) is 9.80 Å². The molecule has 5 heteroatoms. The standard InChI is InChI=1S/C28H35N3OS/c1-30(2)20-25-18-26(12-11-21-7-4-3-5-8-21)33-27(25)28(32)31-15-13-23(14-16-31)24-10-6-9-22(17-24)19-29/h3-10,17-18,23H,11-16,19-20,29H2,1-2H3. The Bertz CT molecular complexity index is 1050. The van der Waals surface area contributed by atoms with Crippen LogP contribution >= 0.6 is 11.3 Å². The van der Waals surface area contributed by atoms with Crippen molar-refractivity contribution in [1.29, 1.82) is 0 Å². The van der Waals surface area contributed by atoms with Crippen molar-refractivity contribution < 1.29 is 4.79 Å². The van der Waals surface area contributed by atoms with Crippen molar-refractivity contribution in [2.45, 2.75) is 44.7 Å². The van der Waals surface area contributed by atoms with Gasteiger partial charge in [-0.15, -0.1) is 11.3 Å². The highest BCUT2D eigenvalue weighted by atomic mass is 32.1. The van der Waals surface area contributed by atoms with Gasteiger partial charge in [-0.1, -0.05) is 54.6 Å². The van der Waals surface area contributed by atoms with Gasteiger partial charge in [0.1, 0.15) is 0 Å². The lowest BCUT2D eigenvalue weighted by molar-refractivity contribution is 0.0716. The van der Waals surface area contributed by atoms with Gasteiger partial charge in [-0.05, 0) is 74.0 Å². The van der Waals surface area contributed by atoms with E-state index in [2.05, 4.69) is 84.6 Å². The molecule has 174 valence electrons. The quantitative estimate of drug-likeness (QED) is 0.509. The zero-order chi connectivity index (χ0) is 23.2. The molecule has 1 amide bonds. The van der Waals surface area contributed by atoms with Crippen LogP contribution in [0.5, 0.6) is 0 Å². The molecule has 1 aliphatic rings. The summed E-state index contributed by atoms with van der Waals surface area (Å²) in [7, 11) is 4.13. The first-order valence-corrected chi connectivity index (χ1v) is 12.7. The van der Waals surface area contributed by atoms with Crippen LogP contribution in [0.4, 0.5) is 0 Å². The van der Waals surface area contributed by atoms with Gasteiger partial charge in [0.25, 0.3) is 5.91 Å². The molecule has 0 atom stereocenters. The zero-order valence-electron chi connectivity index (χ0n) is 19.8. The number of carbonyl (C=O) groups is 1. The summed E-state index contributed by atoms with van der Waals surface area (Å²) in [5.74, 6) is 0.712. The maximum atomic E-state index is 13.5. The van der Waals surface area contributed by atoms with E-state index in [-0.39, 0.29) is 5.91 Å². The van der Waals surface area contributed by atoms with E-state index in [0.717, 1.165) is 55.8 Å². The van der Waals surface area contributed by atoms with Crippen molar-refractivity contribution in [3.05, 3.63) is 92.7 Å². The molecular weight excluding hydrogens is 426 g/mol. The first-order valence-electron chi connectivity index (χ1n) is 11.9. The highest BCUT2D eigenvalue weighted by Crippen LogP contribution is 2.32. The Morgan fingerprint density at radius 2 is 1.73 bits per heavy atom. The molecule has 2 N–H and O–H groups in total. The van der Waals surface area contributed by atoms with Gasteiger partial charge in [-0.25, -0.2) is 0 Å². The molecule has 3 aromatic rings. The van der Waals surface area contributed by atoms with Crippen LogP contribution in [0, 0.1) is 0 Å². The summed E-state index contributed by atoms with van der Waals surface area (Å²) in [5, 5.41) is 0. The Hall–Kier alpha value is -2.47. The number of piperidine rings is 1. The van der Waals surface area contributed by atoms with Gasteiger partial charge in [-0.3, -0.25) is 4.79 Å². The van der Waals surface area contributed by atoms with Crippen molar-refractivity contribution in [3.63, 3.8) is 0 Å². The molecule has 2 heterocycles. The maximum Gasteiger partial charge on any atom is 0.264 e. The third kappa shape index (κ3) is 6.11. The van der Waals surface area contributed by atoms with E-state index in [1.807, 2.05) is 0 Å². The number of rotatable bonds is 8. The van der Waals surface area contributed by atoms with Crippen LogP contribution in [0.2, 0.25) is 0 Å². The zero-order valence-corrected chi connectivity index (χ0v) is 20.6. The first kappa shape index (κ1) is 23.7. The van der Waals surface area contributed by atoms with E-state index in [1.165, 1.54) is 21.6 Å². The fraction of sp³-hybridized carbons (Fsp3) is 0.393. The number of amides is 1. The fourth-order valence-corrected chi connectivity index (χ4v) is 5.83. The number of thiophene rings is 1. The lowest BCUT2D eigenvalue weighted by atomic mass is 9.88. The van der Waals surface area contributed by atoms with Crippen molar-refractivity contribution in [2.24, 2.45) is 5.73 Å². The van der Waals surface area contributed by atoms with Gasteiger partial charge < -0.3 is 15.5 Å². The SMILES string of the molecule is CN(C)Cc1cc(CCc2ccccc2)sc1C(=O)N1CCC(c2cccc(CN)c2)CC1. The van der Waals surface area contributed by atoms with Gasteiger partial charge in [-0.2, -0.15) is 0 Å². The molecule has 0 bridgehead atoms. The second-order valence-corrected chi connectivity index (χ2v) is 10.4. The van der Waals surface area contributed by atoms with Crippen LogP contribution in [0.1, 0.15) is 55.6 Å². The van der Waals surface area contributed by atoms with Crippen LogP contribution in [0.3, 0.4) is 0 Å². The summed E-state index contributed by atoms with van der Waals surface area (Å²) in [4.78, 5) is 20.0. The van der Waals surface area contributed by atoms with Crippen LogP contribution in [0.15, 0.2) is 60.7 Å². The van der Waals surface area contributed by atoms with Gasteiger partial charge in [0.2, 0.25) is 0 Å². The Labute approximate surface area is 202 Å². The molecule has 0 unspecified atom stereocenters. The van der Waals surface area contributed by atoms with Crippen LogP contribution < -0.4 is 5.73 Å². The van der Waals surface area contributed by atoms with E-state index in [1.54, 1.807) is 11.3 Å². The van der Waals surface area contributed by atoms with Gasteiger partial charge >= 0.3 is 0 Å². The van der Waals surface area contributed by atoms with E-state index in [4.69, 9.17) is 5.73 Å². The Morgan fingerprint density at radius 1 is 1.00 bits per heavy atom. The monoisotopic (exact) mass is 461 g/mol. The normalized spacial score (nSPS) is 14.7. The lowest BCUT2D eigenvalue weighted by Gasteiger charge is -2.32.